The van der Waals surface area contributed by atoms with Gasteiger partial charge in [0.1, 0.15) is 11.6 Å². The van der Waals surface area contributed by atoms with E-state index in [0.29, 0.717) is 31.6 Å². The molecule has 1 heterocycles. The summed E-state index contributed by atoms with van der Waals surface area (Å²) in [6.45, 7) is 1.67. The van der Waals surface area contributed by atoms with Crippen LogP contribution in [0.5, 0.6) is 0 Å². The van der Waals surface area contributed by atoms with Crippen molar-refractivity contribution in [2.24, 2.45) is 5.92 Å². The molecule has 0 spiro atoms. The summed E-state index contributed by atoms with van der Waals surface area (Å²) in [6, 6.07) is 5.33. The Balaban J connectivity index is 2.00. The van der Waals surface area contributed by atoms with Crippen molar-refractivity contribution in [3.05, 3.63) is 35.4 Å². The van der Waals surface area contributed by atoms with Crippen molar-refractivity contribution in [2.45, 2.75) is 12.3 Å². The number of halogens is 3. The maximum atomic E-state index is 13.2. The second-order valence-corrected chi connectivity index (χ2v) is 4.87. The van der Waals surface area contributed by atoms with Gasteiger partial charge in [0.05, 0.1) is 18.7 Å². The van der Waals surface area contributed by atoms with Gasteiger partial charge in [-0.2, -0.15) is 5.26 Å². The Morgan fingerprint density at radius 2 is 1.89 bits per heavy atom. The fourth-order valence-electron chi connectivity index (χ4n) is 2.49. The van der Waals surface area contributed by atoms with Crippen LogP contribution in [0.4, 0.5) is 13.2 Å². The van der Waals surface area contributed by atoms with Crippen molar-refractivity contribution in [2.75, 3.05) is 26.3 Å². The molecule has 0 aliphatic carbocycles. The van der Waals surface area contributed by atoms with E-state index in [2.05, 4.69) is 6.07 Å². The van der Waals surface area contributed by atoms with Crippen LogP contribution in [0.3, 0.4) is 0 Å². The molecule has 1 atom stereocenters. The molecule has 0 radical (unpaired) electrons. The topological polar surface area (TPSA) is 27.0 Å². The number of nitrogens with zero attached hydrogens (tertiary/aromatic N) is 2. The van der Waals surface area contributed by atoms with Crippen molar-refractivity contribution in [1.82, 2.24) is 4.90 Å². The summed E-state index contributed by atoms with van der Waals surface area (Å²) in [4.78, 5) is 2.05. The Morgan fingerprint density at radius 3 is 2.42 bits per heavy atom. The van der Waals surface area contributed by atoms with Crippen LogP contribution in [0.15, 0.2) is 18.2 Å². The highest BCUT2D eigenvalue weighted by atomic mass is 19.1. The molecular weight excluding hydrogens is 253 g/mol. The molecule has 1 aromatic rings. The van der Waals surface area contributed by atoms with E-state index < -0.39 is 17.6 Å². The Hall–Kier alpha value is -1.54. The highest BCUT2D eigenvalue weighted by molar-refractivity contribution is 5.28. The molecule has 0 aromatic heterocycles. The average Bonchev–Trinajstić information content (AvgIpc) is 2.30. The van der Waals surface area contributed by atoms with Crippen molar-refractivity contribution in [3.8, 4) is 6.07 Å². The van der Waals surface area contributed by atoms with Crippen LogP contribution in [0, 0.1) is 28.9 Å². The quantitative estimate of drug-likeness (QED) is 0.821. The molecule has 5 heteroatoms. The molecular formula is C14H15F3N2. The number of nitriles is 1. The lowest BCUT2D eigenvalue weighted by Gasteiger charge is -2.41. The maximum absolute atomic E-state index is 13.2. The lowest BCUT2D eigenvalue weighted by atomic mass is 9.82. The predicted molar refractivity (Wildman–Crippen MR) is 65.2 cm³/mol. The SMILES string of the molecule is N#CC(c1cc(F)cc(F)c1)C1CN(CCCF)C1. The van der Waals surface area contributed by atoms with Crippen molar-refractivity contribution in [1.29, 1.82) is 5.26 Å². The number of benzene rings is 1. The van der Waals surface area contributed by atoms with Crippen molar-refractivity contribution >= 4 is 0 Å². The van der Waals surface area contributed by atoms with E-state index >= 15 is 0 Å². The first-order valence-corrected chi connectivity index (χ1v) is 6.28. The van der Waals surface area contributed by atoms with Gasteiger partial charge in [-0.25, -0.2) is 8.78 Å². The zero-order valence-corrected chi connectivity index (χ0v) is 10.5. The minimum absolute atomic E-state index is 0.0609. The van der Waals surface area contributed by atoms with Crippen LogP contribution in [-0.4, -0.2) is 31.2 Å². The van der Waals surface area contributed by atoms with Crippen LogP contribution >= 0.6 is 0 Å². The molecule has 1 aliphatic rings. The van der Waals surface area contributed by atoms with Crippen LogP contribution in [0.2, 0.25) is 0 Å². The lowest BCUT2D eigenvalue weighted by molar-refractivity contribution is 0.0884. The van der Waals surface area contributed by atoms with Gasteiger partial charge in [-0.05, 0) is 24.1 Å². The van der Waals surface area contributed by atoms with E-state index in [1.165, 1.54) is 12.1 Å². The Labute approximate surface area is 110 Å². The van der Waals surface area contributed by atoms with Gasteiger partial charge >= 0.3 is 0 Å². The first-order chi connectivity index (χ1) is 9.13. The van der Waals surface area contributed by atoms with Gasteiger partial charge in [-0.3, -0.25) is 4.39 Å². The number of hydrogen-bond acceptors (Lipinski definition) is 2. The number of alkyl halides is 1. The number of likely N-dealkylation sites (tertiary alicyclic amines) is 1. The van der Waals surface area contributed by atoms with E-state index in [0.717, 1.165) is 6.07 Å². The third kappa shape index (κ3) is 3.27. The summed E-state index contributed by atoms with van der Waals surface area (Å²) in [5.41, 5.74) is 0.384. The Bertz CT molecular complexity index is 458. The highest BCUT2D eigenvalue weighted by Crippen LogP contribution is 2.32. The summed E-state index contributed by atoms with van der Waals surface area (Å²) in [5.74, 6) is -1.77. The molecule has 0 bridgehead atoms. The largest absolute Gasteiger partial charge is 0.302 e. The first-order valence-electron chi connectivity index (χ1n) is 6.28. The molecule has 19 heavy (non-hydrogen) atoms. The van der Waals surface area contributed by atoms with E-state index in [1.54, 1.807) is 0 Å². The molecule has 0 saturated carbocycles. The minimum atomic E-state index is -0.663. The molecule has 0 N–H and O–H groups in total. The number of rotatable bonds is 5. The standard InChI is InChI=1S/C14H15F3N2/c15-2-1-3-19-8-11(9-19)14(7-18)10-4-12(16)6-13(17)5-10/h4-6,11,14H,1-3,8-9H2. The second-order valence-electron chi connectivity index (χ2n) is 4.87. The van der Waals surface area contributed by atoms with Crippen LogP contribution in [0.25, 0.3) is 0 Å². The molecule has 1 aliphatic heterocycles. The van der Waals surface area contributed by atoms with Gasteiger partial charge in [0.25, 0.3) is 0 Å². The van der Waals surface area contributed by atoms with Gasteiger partial charge in [0.15, 0.2) is 0 Å². The van der Waals surface area contributed by atoms with Crippen LogP contribution < -0.4 is 0 Å². The number of hydrogen-bond donors (Lipinski definition) is 0. The molecule has 2 rings (SSSR count). The molecule has 1 unspecified atom stereocenters. The second kappa shape index (κ2) is 6.07. The van der Waals surface area contributed by atoms with Gasteiger partial charge < -0.3 is 4.90 Å². The fourth-order valence-corrected chi connectivity index (χ4v) is 2.49. The molecule has 0 amide bonds. The fraction of sp³-hybridized carbons (Fsp3) is 0.500. The van der Waals surface area contributed by atoms with Crippen LogP contribution in [0.1, 0.15) is 17.9 Å². The van der Waals surface area contributed by atoms with Gasteiger partial charge in [-0.1, -0.05) is 0 Å². The normalized spacial score (nSPS) is 17.8. The summed E-state index contributed by atoms with van der Waals surface area (Å²) >= 11 is 0. The van der Waals surface area contributed by atoms with E-state index in [9.17, 15) is 18.4 Å². The molecule has 1 aromatic carbocycles. The molecule has 1 fully saturated rings. The van der Waals surface area contributed by atoms with Crippen LogP contribution in [-0.2, 0) is 0 Å². The molecule has 102 valence electrons. The van der Waals surface area contributed by atoms with Gasteiger partial charge in [0, 0.05) is 31.6 Å². The summed E-state index contributed by atoms with van der Waals surface area (Å²) in [6.07, 6.45) is 0.485. The Kier molecular flexibility index (Phi) is 4.43. The summed E-state index contributed by atoms with van der Waals surface area (Å²) < 4.78 is 38.3. The van der Waals surface area contributed by atoms with Crippen molar-refractivity contribution in [3.63, 3.8) is 0 Å². The monoisotopic (exact) mass is 268 g/mol. The van der Waals surface area contributed by atoms with Gasteiger partial charge in [-0.15, -0.1) is 0 Å². The molecule has 2 nitrogen and oxygen atoms in total. The summed E-state index contributed by atoms with van der Waals surface area (Å²) in [5, 5.41) is 9.19. The first kappa shape index (κ1) is 13.9. The Morgan fingerprint density at radius 1 is 1.26 bits per heavy atom. The molecule has 1 saturated heterocycles. The zero-order chi connectivity index (χ0) is 13.8. The van der Waals surface area contributed by atoms with E-state index in [4.69, 9.17) is 0 Å². The third-order valence-electron chi connectivity index (χ3n) is 3.45. The predicted octanol–water partition coefficient (Wildman–Crippen LogP) is 2.86. The third-order valence-corrected chi connectivity index (χ3v) is 3.45. The van der Waals surface area contributed by atoms with Crippen molar-refractivity contribution < 1.29 is 13.2 Å². The smallest absolute Gasteiger partial charge is 0.126 e. The highest BCUT2D eigenvalue weighted by Gasteiger charge is 2.34. The minimum Gasteiger partial charge on any atom is -0.302 e. The average molecular weight is 268 g/mol. The van der Waals surface area contributed by atoms with Gasteiger partial charge in [0.2, 0.25) is 0 Å². The van der Waals surface area contributed by atoms with E-state index in [1.807, 2.05) is 4.90 Å². The van der Waals surface area contributed by atoms with E-state index in [-0.39, 0.29) is 12.6 Å². The summed E-state index contributed by atoms with van der Waals surface area (Å²) in [7, 11) is 0. The maximum Gasteiger partial charge on any atom is 0.126 e. The zero-order valence-electron chi connectivity index (χ0n) is 10.5. The lowest BCUT2D eigenvalue weighted by Crippen LogP contribution is -2.49.